The van der Waals surface area contributed by atoms with Crippen LogP contribution in [-0.2, 0) is 0 Å². The first-order valence-corrected chi connectivity index (χ1v) is 18.2. The minimum Gasteiger partial charge on any atom is -0.311 e. The molecule has 0 radical (unpaired) electrons. The van der Waals surface area contributed by atoms with Crippen molar-refractivity contribution in [2.24, 2.45) is 0 Å². The maximum absolute atomic E-state index is 7.65. The van der Waals surface area contributed by atoms with Crippen molar-refractivity contribution in [3.8, 4) is 39.2 Å². The van der Waals surface area contributed by atoms with E-state index in [0.717, 1.165) is 105 Å². The van der Waals surface area contributed by atoms with Gasteiger partial charge < -0.3 is 4.57 Å². The van der Waals surface area contributed by atoms with E-state index >= 15 is 0 Å². The van der Waals surface area contributed by atoms with E-state index in [1.165, 1.54) is 0 Å². The molecule has 9 rings (SSSR count). The number of benzene rings is 7. The van der Waals surface area contributed by atoms with Crippen molar-refractivity contribution in [3.63, 3.8) is 0 Å². The van der Waals surface area contributed by atoms with Gasteiger partial charge >= 0.3 is 0 Å². The molecule has 9 aromatic rings. The maximum atomic E-state index is 7.65. The Bertz CT molecular complexity index is 3080. The minimum atomic E-state index is 0.623. The average Bonchev–Trinajstić information content (AvgIpc) is 3.58. The van der Waals surface area contributed by atoms with E-state index in [1.54, 1.807) is 0 Å². The highest BCUT2D eigenvalue weighted by molar-refractivity contribution is 6.20. The largest absolute Gasteiger partial charge is 0.311 e. The molecule has 2 heterocycles. The number of hydrogen-bond acceptors (Lipinski definition) is 1. The second-order valence-electron chi connectivity index (χ2n) is 13.6. The Morgan fingerprint density at radius 2 is 1.20 bits per heavy atom. The highest BCUT2D eigenvalue weighted by Gasteiger charge is 2.21. The van der Waals surface area contributed by atoms with Crippen molar-refractivity contribution >= 4 is 73.5 Å². The summed E-state index contributed by atoms with van der Waals surface area (Å²) in [5.74, 6) is 0. The third-order valence-corrected chi connectivity index (χ3v) is 10.7. The minimum absolute atomic E-state index is 0.623. The molecular formula is C52H35N3. The van der Waals surface area contributed by atoms with Gasteiger partial charge in [-0.25, -0.2) is 9.83 Å². The second kappa shape index (κ2) is 13.5. The van der Waals surface area contributed by atoms with Crippen molar-refractivity contribution in [2.75, 3.05) is 0 Å². The summed E-state index contributed by atoms with van der Waals surface area (Å²) in [4.78, 5) is 9.02. The summed E-state index contributed by atoms with van der Waals surface area (Å²) in [6, 6.07) is 48.5. The molecular weight excluding hydrogens is 667 g/mol. The lowest BCUT2D eigenvalue weighted by molar-refractivity contribution is 1.18. The third-order valence-electron chi connectivity index (χ3n) is 10.7. The smallest absolute Gasteiger partial charge is 0.189 e. The van der Waals surface area contributed by atoms with Crippen LogP contribution in [0, 0.1) is 6.57 Å². The molecule has 0 aliphatic rings. The van der Waals surface area contributed by atoms with E-state index in [-0.39, 0.29) is 0 Å². The van der Waals surface area contributed by atoms with Crippen LogP contribution in [0.3, 0.4) is 0 Å². The Labute approximate surface area is 320 Å². The monoisotopic (exact) mass is 701 g/mol. The highest BCUT2D eigenvalue weighted by atomic mass is 15.0. The molecule has 0 amide bonds. The van der Waals surface area contributed by atoms with Crippen molar-refractivity contribution < 1.29 is 0 Å². The quantitative estimate of drug-likeness (QED) is 0.114. The lowest BCUT2D eigenvalue weighted by Gasteiger charge is -2.20. The molecule has 0 N–H and O–H groups in total. The molecule has 3 nitrogen and oxygen atoms in total. The number of pyridine rings is 1. The molecule has 0 aliphatic heterocycles. The number of para-hydroxylation sites is 1. The van der Waals surface area contributed by atoms with Gasteiger partial charge in [-0.05, 0) is 87.0 Å². The van der Waals surface area contributed by atoms with Crippen molar-refractivity contribution in [1.82, 2.24) is 9.55 Å². The molecule has 0 unspecified atom stereocenters. The fourth-order valence-corrected chi connectivity index (χ4v) is 8.18. The SMILES string of the molecule is [C-]#[N+]c1ccc2c3cc(-c4ccc(-c5cc6c(-c7ccccc7)nc7ccc(C=C)c(C=C)c7c6c(C=C)c5C=C)cc4)ccc3n(-c3ccccc3)c2c1. The van der Waals surface area contributed by atoms with E-state index in [9.17, 15) is 0 Å². The Hall–Kier alpha value is -7.54. The van der Waals surface area contributed by atoms with Crippen LogP contribution >= 0.6 is 0 Å². The molecule has 0 fully saturated rings. The van der Waals surface area contributed by atoms with Crippen LogP contribution in [0.5, 0.6) is 0 Å². The van der Waals surface area contributed by atoms with E-state index < -0.39 is 0 Å². The van der Waals surface area contributed by atoms with Gasteiger partial charge in [0.15, 0.2) is 5.69 Å². The van der Waals surface area contributed by atoms with Gasteiger partial charge in [-0.3, -0.25) is 0 Å². The molecule has 0 bridgehead atoms. The van der Waals surface area contributed by atoms with Crippen LogP contribution in [0.2, 0.25) is 0 Å². The normalized spacial score (nSPS) is 11.2. The van der Waals surface area contributed by atoms with Gasteiger partial charge in [-0.2, -0.15) is 0 Å². The Kier molecular flexibility index (Phi) is 8.15. The molecule has 7 aromatic carbocycles. The van der Waals surface area contributed by atoms with Gasteiger partial charge in [0, 0.05) is 43.7 Å². The number of rotatable bonds is 8. The van der Waals surface area contributed by atoms with Crippen LogP contribution < -0.4 is 0 Å². The zero-order valence-corrected chi connectivity index (χ0v) is 30.3. The number of nitrogens with zero attached hydrogens (tertiary/aromatic N) is 3. The van der Waals surface area contributed by atoms with Crippen molar-refractivity contribution in [2.45, 2.75) is 0 Å². The van der Waals surface area contributed by atoms with Gasteiger partial charge in [0.25, 0.3) is 0 Å². The van der Waals surface area contributed by atoms with E-state index in [2.05, 4.69) is 139 Å². The molecule has 0 spiro atoms. The molecule has 3 heteroatoms. The summed E-state index contributed by atoms with van der Waals surface area (Å²) < 4.78 is 2.25. The first-order chi connectivity index (χ1) is 27.1. The topological polar surface area (TPSA) is 22.2 Å². The summed E-state index contributed by atoms with van der Waals surface area (Å²) in [6.07, 6.45) is 7.66. The summed E-state index contributed by atoms with van der Waals surface area (Å²) >= 11 is 0. The van der Waals surface area contributed by atoms with Gasteiger partial charge in [0.05, 0.1) is 23.3 Å². The Balaban J connectivity index is 1.24. The summed E-state index contributed by atoms with van der Waals surface area (Å²) in [5.41, 5.74) is 15.0. The molecule has 55 heavy (non-hydrogen) atoms. The van der Waals surface area contributed by atoms with Crippen LogP contribution in [0.25, 0.3) is 112 Å². The predicted octanol–water partition coefficient (Wildman–Crippen LogP) is 14.6. The summed E-state index contributed by atoms with van der Waals surface area (Å²) in [6.45, 7) is 24.6. The summed E-state index contributed by atoms with van der Waals surface area (Å²) in [7, 11) is 0. The summed E-state index contributed by atoms with van der Waals surface area (Å²) in [5, 5.41) is 5.38. The standard InChI is InChI=1S/C52H35N3/c1-6-33-24-28-47-51(40(33)7-2)50-42(9-4)41(8-3)44(32-46(50)52(54-47)36-16-12-10-13-17-36)35-22-20-34(21-23-35)37-25-29-48-45(30-37)43-27-26-38(53-5)31-49(43)55(48)39-18-14-11-15-19-39/h6-32H,1-4H2. The zero-order valence-electron chi connectivity index (χ0n) is 30.3. The van der Waals surface area contributed by atoms with E-state index in [0.29, 0.717) is 5.69 Å². The highest BCUT2D eigenvalue weighted by Crippen LogP contribution is 2.44. The second-order valence-corrected chi connectivity index (χ2v) is 13.6. The number of fused-ring (bicyclic) bond motifs is 6. The van der Waals surface area contributed by atoms with Crippen LogP contribution in [-0.4, -0.2) is 9.55 Å². The van der Waals surface area contributed by atoms with Gasteiger partial charge in [0.1, 0.15) is 0 Å². The van der Waals surface area contributed by atoms with Gasteiger partial charge in [-0.15, -0.1) is 0 Å². The molecule has 0 saturated carbocycles. The molecule has 0 atom stereocenters. The van der Waals surface area contributed by atoms with Gasteiger partial charge in [-0.1, -0.05) is 148 Å². The first-order valence-electron chi connectivity index (χ1n) is 18.2. The van der Waals surface area contributed by atoms with Crippen LogP contribution in [0.1, 0.15) is 22.3 Å². The fourth-order valence-electron chi connectivity index (χ4n) is 8.18. The van der Waals surface area contributed by atoms with E-state index in [1.807, 2.05) is 60.7 Å². The molecule has 258 valence electrons. The fraction of sp³-hybridized carbons (Fsp3) is 0. The molecule has 0 aliphatic carbocycles. The number of aromatic nitrogens is 2. The average molecular weight is 702 g/mol. The number of hydrogen-bond donors (Lipinski definition) is 0. The predicted molar refractivity (Wildman–Crippen MR) is 237 cm³/mol. The maximum Gasteiger partial charge on any atom is 0.189 e. The van der Waals surface area contributed by atoms with E-state index in [4.69, 9.17) is 11.6 Å². The Morgan fingerprint density at radius 3 is 1.89 bits per heavy atom. The third kappa shape index (κ3) is 5.31. The lowest BCUT2D eigenvalue weighted by Crippen LogP contribution is -1.98. The van der Waals surface area contributed by atoms with Crippen molar-refractivity contribution in [3.05, 3.63) is 200 Å². The lowest BCUT2D eigenvalue weighted by atomic mass is 9.85. The van der Waals surface area contributed by atoms with Gasteiger partial charge in [0.2, 0.25) is 0 Å². The van der Waals surface area contributed by atoms with Crippen LogP contribution in [0.4, 0.5) is 5.69 Å². The molecule has 2 aromatic heterocycles. The van der Waals surface area contributed by atoms with Crippen molar-refractivity contribution in [1.29, 1.82) is 0 Å². The van der Waals surface area contributed by atoms with Crippen LogP contribution in [0.15, 0.2) is 166 Å². The first kappa shape index (κ1) is 33.3. The molecule has 0 saturated heterocycles. The zero-order chi connectivity index (χ0) is 37.6. The Morgan fingerprint density at radius 1 is 0.509 bits per heavy atom.